The second-order valence-electron chi connectivity index (χ2n) is 6.62. The Labute approximate surface area is 155 Å². The third kappa shape index (κ3) is 2.54. The Morgan fingerprint density at radius 3 is 2.88 bits per heavy atom. The fourth-order valence-corrected chi connectivity index (χ4v) is 4.93. The molecule has 0 N–H and O–H groups in total. The number of pyridine rings is 1. The normalized spacial score (nSPS) is 13.9. The van der Waals surface area contributed by atoms with Crippen molar-refractivity contribution in [2.45, 2.75) is 39.0 Å². The molecule has 0 saturated heterocycles. The molecule has 130 valence electrons. The van der Waals surface area contributed by atoms with Crippen molar-refractivity contribution < 1.29 is 4.74 Å². The van der Waals surface area contributed by atoms with Gasteiger partial charge in [-0.1, -0.05) is 25.1 Å². The zero-order chi connectivity index (χ0) is 17.5. The van der Waals surface area contributed by atoms with E-state index in [1.165, 1.54) is 23.3 Å². The largest absolute Gasteiger partial charge is 0.436 e. The van der Waals surface area contributed by atoms with Crippen LogP contribution in [0.4, 0.5) is 0 Å². The SMILES string of the molecule is CCc1nc(Oc2cccc3cccnc23)c2c3c(sc2n1)CCCC3. The molecule has 5 heteroatoms. The summed E-state index contributed by atoms with van der Waals surface area (Å²) in [5.74, 6) is 2.27. The first-order valence-electron chi connectivity index (χ1n) is 9.16. The molecule has 1 aromatic carbocycles. The number of hydrogen-bond acceptors (Lipinski definition) is 5. The van der Waals surface area contributed by atoms with Gasteiger partial charge in [0.15, 0.2) is 5.75 Å². The molecule has 0 radical (unpaired) electrons. The Bertz CT molecular complexity index is 1110. The minimum absolute atomic E-state index is 0.685. The zero-order valence-electron chi connectivity index (χ0n) is 14.7. The lowest BCUT2D eigenvalue weighted by Crippen LogP contribution is -2.01. The highest BCUT2D eigenvalue weighted by molar-refractivity contribution is 7.18. The fourth-order valence-electron chi connectivity index (χ4n) is 3.66. The van der Waals surface area contributed by atoms with Gasteiger partial charge in [0, 0.05) is 22.9 Å². The van der Waals surface area contributed by atoms with Gasteiger partial charge in [-0.15, -0.1) is 11.3 Å². The number of ether oxygens (including phenoxy) is 1. The molecule has 0 saturated carbocycles. The standard InChI is InChI=1S/C21H19N3OS/c1-2-17-23-20(18-14-9-3-4-11-16(14)26-21(18)24-17)25-15-10-5-7-13-8-6-12-22-19(13)15/h5-8,10,12H,2-4,9,11H2,1H3. The quantitative estimate of drug-likeness (QED) is 0.485. The molecular formula is C21H19N3OS. The Balaban J connectivity index is 1.71. The van der Waals surface area contributed by atoms with Crippen LogP contribution in [0.3, 0.4) is 0 Å². The molecule has 0 amide bonds. The lowest BCUT2D eigenvalue weighted by Gasteiger charge is -2.13. The molecule has 4 nitrogen and oxygen atoms in total. The third-order valence-corrected chi connectivity index (χ3v) is 6.13. The van der Waals surface area contributed by atoms with Crippen LogP contribution >= 0.6 is 11.3 Å². The van der Waals surface area contributed by atoms with Crippen molar-refractivity contribution in [3.05, 3.63) is 52.8 Å². The van der Waals surface area contributed by atoms with Crippen LogP contribution in [-0.2, 0) is 19.3 Å². The van der Waals surface area contributed by atoms with Gasteiger partial charge in [-0.05, 0) is 43.4 Å². The average molecular weight is 361 g/mol. The predicted molar refractivity (Wildman–Crippen MR) is 105 cm³/mol. The van der Waals surface area contributed by atoms with E-state index in [1.807, 2.05) is 29.5 Å². The summed E-state index contributed by atoms with van der Waals surface area (Å²) in [5.41, 5.74) is 2.26. The van der Waals surface area contributed by atoms with E-state index >= 15 is 0 Å². The molecule has 1 aliphatic rings. The monoisotopic (exact) mass is 361 g/mol. The Kier molecular flexibility index (Phi) is 3.82. The van der Waals surface area contributed by atoms with E-state index in [0.717, 1.165) is 52.0 Å². The van der Waals surface area contributed by atoms with Gasteiger partial charge < -0.3 is 4.74 Å². The number of thiophene rings is 1. The van der Waals surface area contributed by atoms with E-state index in [-0.39, 0.29) is 0 Å². The van der Waals surface area contributed by atoms with Gasteiger partial charge in [0.05, 0.1) is 5.39 Å². The number of rotatable bonds is 3. The number of fused-ring (bicyclic) bond motifs is 4. The van der Waals surface area contributed by atoms with Gasteiger partial charge in [-0.3, -0.25) is 4.98 Å². The smallest absolute Gasteiger partial charge is 0.231 e. The summed E-state index contributed by atoms with van der Waals surface area (Å²) in [6.45, 7) is 2.08. The van der Waals surface area contributed by atoms with Crippen molar-refractivity contribution in [3.8, 4) is 11.6 Å². The van der Waals surface area contributed by atoms with Crippen LogP contribution < -0.4 is 4.74 Å². The maximum atomic E-state index is 6.36. The maximum Gasteiger partial charge on any atom is 0.231 e. The van der Waals surface area contributed by atoms with Crippen LogP contribution in [0.25, 0.3) is 21.1 Å². The number of aromatic nitrogens is 3. The van der Waals surface area contributed by atoms with E-state index in [2.05, 4.69) is 24.0 Å². The highest BCUT2D eigenvalue weighted by Crippen LogP contribution is 2.41. The molecule has 4 aromatic rings. The predicted octanol–water partition coefficient (Wildman–Crippen LogP) is 5.47. The number of hydrogen-bond donors (Lipinski definition) is 0. The fraction of sp³-hybridized carbons (Fsp3) is 0.286. The summed E-state index contributed by atoms with van der Waals surface area (Å²) in [6, 6.07) is 10.0. The molecular weight excluding hydrogens is 342 g/mol. The Morgan fingerprint density at radius 1 is 1.08 bits per heavy atom. The van der Waals surface area contributed by atoms with Gasteiger partial charge >= 0.3 is 0 Å². The summed E-state index contributed by atoms with van der Waals surface area (Å²) in [6.07, 6.45) is 7.32. The Morgan fingerprint density at radius 2 is 1.96 bits per heavy atom. The lowest BCUT2D eigenvalue weighted by molar-refractivity contribution is 0.469. The topological polar surface area (TPSA) is 47.9 Å². The first-order chi connectivity index (χ1) is 12.8. The molecule has 0 aliphatic heterocycles. The second kappa shape index (κ2) is 6.32. The summed E-state index contributed by atoms with van der Waals surface area (Å²) < 4.78 is 6.36. The highest BCUT2D eigenvalue weighted by atomic mass is 32.1. The van der Waals surface area contributed by atoms with Gasteiger partial charge in [0.1, 0.15) is 16.2 Å². The van der Waals surface area contributed by atoms with E-state index in [4.69, 9.17) is 14.7 Å². The van der Waals surface area contributed by atoms with Crippen molar-refractivity contribution >= 4 is 32.5 Å². The van der Waals surface area contributed by atoms with Crippen molar-refractivity contribution in [1.82, 2.24) is 15.0 Å². The first kappa shape index (κ1) is 15.7. The molecule has 0 fully saturated rings. The van der Waals surface area contributed by atoms with Gasteiger partial charge in [0.25, 0.3) is 0 Å². The summed E-state index contributed by atoms with van der Waals surface area (Å²) in [4.78, 5) is 16.5. The summed E-state index contributed by atoms with van der Waals surface area (Å²) >= 11 is 1.81. The molecule has 3 heterocycles. The van der Waals surface area contributed by atoms with Crippen molar-refractivity contribution in [1.29, 1.82) is 0 Å². The average Bonchev–Trinajstić information content (AvgIpc) is 3.07. The van der Waals surface area contributed by atoms with E-state index in [0.29, 0.717) is 5.88 Å². The van der Waals surface area contributed by atoms with Crippen LogP contribution in [0.1, 0.15) is 36.0 Å². The number of aryl methyl sites for hydroxylation is 3. The van der Waals surface area contributed by atoms with Crippen LogP contribution in [0.2, 0.25) is 0 Å². The number of nitrogens with zero attached hydrogens (tertiary/aromatic N) is 3. The molecule has 1 aliphatic carbocycles. The molecule has 5 rings (SSSR count). The molecule has 3 aromatic heterocycles. The number of para-hydroxylation sites is 1. The molecule has 0 spiro atoms. The van der Waals surface area contributed by atoms with E-state index in [1.54, 1.807) is 6.20 Å². The molecule has 0 unspecified atom stereocenters. The third-order valence-electron chi connectivity index (χ3n) is 4.95. The minimum atomic E-state index is 0.685. The molecule has 26 heavy (non-hydrogen) atoms. The number of benzene rings is 1. The summed E-state index contributed by atoms with van der Waals surface area (Å²) in [5, 5.41) is 2.17. The van der Waals surface area contributed by atoms with E-state index in [9.17, 15) is 0 Å². The second-order valence-corrected chi connectivity index (χ2v) is 7.71. The lowest BCUT2D eigenvalue weighted by atomic mass is 9.97. The van der Waals surface area contributed by atoms with Gasteiger partial charge in [-0.25, -0.2) is 4.98 Å². The van der Waals surface area contributed by atoms with Crippen LogP contribution in [0.5, 0.6) is 11.6 Å². The summed E-state index contributed by atoms with van der Waals surface area (Å²) in [7, 11) is 0. The van der Waals surface area contributed by atoms with Crippen LogP contribution in [0.15, 0.2) is 36.5 Å². The van der Waals surface area contributed by atoms with Gasteiger partial charge in [0.2, 0.25) is 5.88 Å². The van der Waals surface area contributed by atoms with Gasteiger partial charge in [-0.2, -0.15) is 4.98 Å². The Hall–Kier alpha value is -2.53. The van der Waals surface area contributed by atoms with Crippen LogP contribution in [-0.4, -0.2) is 15.0 Å². The molecule has 0 atom stereocenters. The first-order valence-corrected chi connectivity index (χ1v) is 9.98. The van der Waals surface area contributed by atoms with Crippen LogP contribution in [0, 0.1) is 0 Å². The van der Waals surface area contributed by atoms with E-state index < -0.39 is 0 Å². The molecule has 0 bridgehead atoms. The van der Waals surface area contributed by atoms with Crippen molar-refractivity contribution in [2.24, 2.45) is 0 Å². The van der Waals surface area contributed by atoms with Crippen molar-refractivity contribution in [3.63, 3.8) is 0 Å². The maximum absolute atomic E-state index is 6.36. The highest BCUT2D eigenvalue weighted by Gasteiger charge is 2.22. The minimum Gasteiger partial charge on any atom is -0.436 e. The zero-order valence-corrected chi connectivity index (χ0v) is 15.5. The van der Waals surface area contributed by atoms with Crippen molar-refractivity contribution in [2.75, 3.05) is 0 Å².